The highest BCUT2D eigenvalue weighted by molar-refractivity contribution is 7.93. The van der Waals surface area contributed by atoms with Crippen LogP contribution in [0.5, 0.6) is 5.75 Å². The van der Waals surface area contributed by atoms with Gasteiger partial charge in [-0.15, -0.1) is 0 Å². The first kappa shape index (κ1) is 21.9. The molecular weight excluding hydrogens is 406 g/mol. The highest BCUT2D eigenvalue weighted by atomic mass is 32.2. The van der Waals surface area contributed by atoms with Crippen LogP contribution < -0.4 is 4.74 Å². The average molecular weight is 438 g/mol. The number of hydrogen-bond acceptors (Lipinski definition) is 5. The van der Waals surface area contributed by atoms with Crippen LogP contribution in [0.1, 0.15) is 36.5 Å². The van der Waals surface area contributed by atoms with Crippen molar-refractivity contribution in [1.82, 2.24) is 4.90 Å². The van der Waals surface area contributed by atoms with Crippen LogP contribution in [0.2, 0.25) is 0 Å². The molecule has 31 heavy (non-hydrogen) atoms. The largest absolute Gasteiger partial charge is 0.493 e. The van der Waals surface area contributed by atoms with Gasteiger partial charge in [0.15, 0.2) is 0 Å². The van der Waals surface area contributed by atoms with E-state index in [2.05, 4.69) is 34.4 Å². The number of hydrogen-bond donors (Lipinski definition) is 0. The summed E-state index contributed by atoms with van der Waals surface area (Å²) in [5.41, 5.74) is 3.50. The van der Waals surface area contributed by atoms with E-state index in [-0.39, 0.29) is 0 Å². The molecule has 164 valence electrons. The Balaban J connectivity index is 1.35. The first-order chi connectivity index (χ1) is 14.9. The smallest absolute Gasteiger partial charge is 0.119 e. The number of aryl methyl sites for hydroxylation is 1. The first-order valence-electron chi connectivity index (χ1n) is 11.0. The molecule has 4 atom stereocenters. The second-order valence-electron chi connectivity index (χ2n) is 8.91. The van der Waals surface area contributed by atoms with E-state index in [9.17, 15) is 9.47 Å². The van der Waals surface area contributed by atoms with Gasteiger partial charge in [-0.05, 0) is 80.1 Å². The fourth-order valence-corrected chi connectivity index (χ4v) is 5.85. The average Bonchev–Trinajstić information content (AvgIpc) is 3.17. The van der Waals surface area contributed by atoms with Crippen molar-refractivity contribution in [3.8, 4) is 11.8 Å². The molecule has 0 saturated carbocycles. The molecule has 0 spiro atoms. The topological polar surface area (TPSA) is 65.7 Å². The van der Waals surface area contributed by atoms with E-state index in [4.69, 9.17) is 4.74 Å². The van der Waals surface area contributed by atoms with Crippen LogP contribution in [0.15, 0.2) is 51.7 Å². The monoisotopic (exact) mass is 437 g/mol. The SMILES string of the molecule is CN=S(C)(=O)c1ccc(OC[C@H]2C[C@@H](C)N(C3CCc4ccc(C#N)cc4C3)C2)cc1. The Hall–Kier alpha value is -2.36. The van der Waals surface area contributed by atoms with Crippen LogP contribution in [-0.4, -0.2) is 47.6 Å². The molecule has 1 aliphatic carbocycles. The van der Waals surface area contributed by atoms with Gasteiger partial charge in [-0.1, -0.05) is 6.07 Å². The molecule has 0 aromatic heterocycles. The van der Waals surface area contributed by atoms with Gasteiger partial charge >= 0.3 is 0 Å². The number of nitriles is 1. The van der Waals surface area contributed by atoms with E-state index in [1.54, 1.807) is 13.3 Å². The van der Waals surface area contributed by atoms with Gasteiger partial charge in [0.05, 0.1) is 28.0 Å². The Bertz CT molecular complexity index is 1100. The third kappa shape index (κ3) is 4.78. The second-order valence-corrected chi connectivity index (χ2v) is 11.3. The number of rotatable bonds is 5. The molecule has 1 aliphatic heterocycles. The van der Waals surface area contributed by atoms with Crippen molar-refractivity contribution >= 4 is 9.73 Å². The summed E-state index contributed by atoms with van der Waals surface area (Å²) >= 11 is 0. The summed E-state index contributed by atoms with van der Waals surface area (Å²) in [7, 11) is -0.713. The zero-order valence-electron chi connectivity index (χ0n) is 18.6. The lowest BCUT2D eigenvalue weighted by molar-refractivity contribution is 0.164. The first-order valence-corrected chi connectivity index (χ1v) is 12.9. The molecule has 1 fully saturated rings. The zero-order chi connectivity index (χ0) is 22.0. The summed E-state index contributed by atoms with van der Waals surface area (Å²) in [6.07, 6.45) is 6.09. The molecule has 0 bridgehead atoms. The maximum Gasteiger partial charge on any atom is 0.119 e. The predicted octanol–water partition coefficient (Wildman–Crippen LogP) is 4.29. The minimum Gasteiger partial charge on any atom is -0.493 e. The van der Waals surface area contributed by atoms with Gasteiger partial charge < -0.3 is 4.74 Å². The summed E-state index contributed by atoms with van der Waals surface area (Å²) in [6, 6.07) is 17.0. The van der Waals surface area contributed by atoms with Crippen LogP contribution in [0.4, 0.5) is 0 Å². The molecule has 2 aliphatic rings. The van der Waals surface area contributed by atoms with Gasteiger partial charge in [0.1, 0.15) is 5.75 Å². The Morgan fingerprint density at radius 1 is 1.23 bits per heavy atom. The molecule has 0 N–H and O–H groups in total. The van der Waals surface area contributed by atoms with E-state index in [0.29, 0.717) is 24.6 Å². The molecule has 5 nitrogen and oxygen atoms in total. The Morgan fingerprint density at radius 2 is 2.00 bits per heavy atom. The lowest BCUT2D eigenvalue weighted by atomic mass is 9.86. The van der Waals surface area contributed by atoms with Crippen LogP contribution >= 0.6 is 0 Å². The summed E-state index contributed by atoms with van der Waals surface area (Å²) in [4.78, 5) is 3.38. The predicted molar refractivity (Wildman–Crippen MR) is 124 cm³/mol. The fourth-order valence-electron chi connectivity index (χ4n) is 5.00. The maximum absolute atomic E-state index is 12.3. The summed E-state index contributed by atoms with van der Waals surface area (Å²) in [5, 5.41) is 9.22. The summed E-state index contributed by atoms with van der Waals surface area (Å²) in [6.45, 7) is 4.07. The van der Waals surface area contributed by atoms with E-state index in [1.165, 1.54) is 17.5 Å². The Kier molecular flexibility index (Phi) is 6.36. The van der Waals surface area contributed by atoms with Gasteiger partial charge in [0, 0.05) is 42.7 Å². The van der Waals surface area contributed by atoms with E-state index in [1.807, 2.05) is 30.3 Å². The molecule has 2 unspecified atom stereocenters. The quantitative estimate of drug-likeness (QED) is 0.700. The van der Waals surface area contributed by atoms with Crippen molar-refractivity contribution in [2.75, 3.05) is 26.5 Å². The lowest BCUT2D eigenvalue weighted by Gasteiger charge is -2.35. The summed E-state index contributed by atoms with van der Waals surface area (Å²) in [5.74, 6) is 1.32. The maximum atomic E-state index is 12.3. The molecule has 0 amide bonds. The molecular formula is C25H31N3O2S. The minimum atomic E-state index is -2.30. The number of benzene rings is 2. The van der Waals surface area contributed by atoms with Crippen molar-refractivity contribution in [2.45, 2.75) is 49.6 Å². The zero-order valence-corrected chi connectivity index (χ0v) is 19.4. The van der Waals surface area contributed by atoms with Crippen LogP contribution in [0.3, 0.4) is 0 Å². The summed E-state index contributed by atoms with van der Waals surface area (Å²) < 4.78 is 22.4. The van der Waals surface area contributed by atoms with Gasteiger partial charge in [-0.3, -0.25) is 4.90 Å². The Labute approximate surface area is 186 Å². The molecule has 2 aromatic rings. The number of nitrogens with zero attached hydrogens (tertiary/aromatic N) is 3. The van der Waals surface area contributed by atoms with Gasteiger partial charge in [-0.25, -0.2) is 8.57 Å². The van der Waals surface area contributed by atoms with Gasteiger partial charge in [0.2, 0.25) is 0 Å². The van der Waals surface area contributed by atoms with Gasteiger partial charge in [-0.2, -0.15) is 5.26 Å². The lowest BCUT2D eigenvalue weighted by Crippen LogP contribution is -2.41. The molecule has 6 heteroatoms. The molecule has 0 radical (unpaired) electrons. The molecule has 2 aromatic carbocycles. The van der Waals surface area contributed by atoms with Gasteiger partial charge in [0.25, 0.3) is 0 Å². The highest BCUT2D eigenvalue weighted by Gasteiger charge is 2.35. The normalized spacial score (nSPS) is 25.3. The number of fused-ring (bicyclic) bond motifs is 1. The molecule has 1 saturated heterocycles. The van der Waals surface area contributed by atoms with Crippen LogP contribution in [0.25, 0.3) is 0 Å². The van der Waals surface area contributed by atoms with Crippen molar-refractivity contribution < 1.29 is 8.95 Å². The fraction of sp³-hybridized carbons (Fsp3) is 0.480. The van der Waals surface area contributed by atoms with E-state index >= 15 is 0 Å². The van der Waals surface area contributed by atoms with Crippen LogP contribution in [-0.2, 0) is 22.6 Å². The third-order valence-electron chi connectivity index (χ3n) is 6.81. The minimum absolute atomic E-state index is 0.502. The van der Waals surface area contributed by atoms with Crippen LogP contribution in [0, 0.1) is 17.2 Å². The standard InChI is InChI=1S/C25H31N3O2S/c1-18-12-20(17-30-24-8-10-25(11-9-24)31(3,29)27-2)16-28(18)23-7-6-21-5-4-19(15-26)13-22(21)14-23/h4-5,8-11,13,18,20,23H,6-7,12,14,16-17H2,1-3H3/t18-,20+,23?,31?/m1/s1. The van der Waals surface area contributed by atoms with Crippen molar-refractivity contribution in [2.24, 2.45) is 10.3 Å². The second kappa shape index (κ2) is 9.02. The van der Waals surface area contributed by atoms with E-state index in [0.717, 1.165) is 42.0 Å². The van der Waals surface area contributed by atoms with Crippen molar-refractivity contribution in [1.29, 1.82) is 5.26 Å². The third-order valence-corrected chi connectivity index (χ3v) is 8.66. The highest BCUT2D eigenvalue weighted by Crippen LogP contribution is 2.32. The van der Waals surface area contributed by atoms with Crippen molar-refractivity contribution in [3.63, 3.8) is 0 Å². The van der Waals surface area contributed by atoms with Crippen molar-refractivity contribution in [3.05, 3.63) is 59.2 Å². The van der Waals surface area contributed by atoms with E-state index < -0.39 is 9.73 Å². The number of likely N-dealkylation sites (tertiary alicyclic amines) is 1. The Morgan fingerprint density at radius 3 is 2.71 bits per heavy atom. The molecule has 1 heterocycles. The number of ether oxygens (including phenoxy) is 1. The molecule has 4 rings (SSSR count).